The number of imidazole rings is 1. The second-order valence-corrected chi connectivity index (χ2v) is 3.53. The number of hydrogen-bond acceptors (Lipinski definition) is 2. The van der Waals surface area contributed by atoms with Crippen LogP contribution in [0.25, 0.3) is 0 Å². The molecule has 1 saturated heterocycles. The predicted octanol–water partition coefficient (Wildman–Crippen LogP) is 1.19. The Morgan fingerprint density at radius 2 is 2.33 bits per heavy atom. The van der Waals surface area contributed by atoms with E-state index < -0.39 is 0 Å². The quantitative estimate of drug-likeness (QED) is 0.623. The maximum Gasteiger partial charge on any atom is 0.125 e. The van der Waals surface area contributed by atoms with Gasteiger partial charge in [-0.3, -0.25) is 4.90 Å². The average Bonchev–Trinajstić information content (AvgIpc) is 2.59. The molecular formula is C9H15N3. The molecule has 1 aromatic rings. The number of aryl methyl sites for hydroxylation is 1. The SMILES string of the molecule is CN1CCCC1c1nccn1C. The van der Waals surface area contributed by atoms with Crippen LogP contribution in [0.5, 0.6) is 0 Å². The van der Waals surface area contributed by atoms with Crippen molar-refractivity contribution in [2.75, 3.05) is 13.6 Å². The minimum Gasteiger partial charge on any atom is -0.337 e. The number of aromatic nitrogens is 2. The number of nitrogens with zero attached hydrogens (tertiary/aromatic N) is 3. The monoisotopic (exact) mass is 165 g/mol. The Hall–Kier alpha value is -0.830. The van der Waals surface area contributed by atoms with Gasteiger partial charge in [-0.1, -0.05) is 0 Å². The summed E-state index contributed by atoms with van der Waals surface area (Å²) in [5.41, 5.74) is 0. The molecule has 0 amide bonds. The summed E-state index contributed by atoms with van der Waals surface area (Å²) in [6, 6.07) is 0.546. The molecule has 3 heteroatoms. The highest BCUT2D eigenvalue weighted by molar-refractivity contribution is 5.00. The summed E-state index contributed by atoms with van der Waals surface area (Å²) < 4.78 is 2.12. The van der Waals surface area contributed by atoms with Crippen molar-refractivity contribution in [1.82, 2.24) is 14.5 Å². The van der Waals surface area contributed by atoms with Crippen LogP contribution in [0.3, 0.4) is 0 Å². The van der Waals surface area contributed by atoms with Gasteiger partial charge in [-0.15, -0.1) is 0 Å². The van der Waals surface area contributed by atoms with Crippen molar-refractivity contribution in [3.63, 3.8) is 0 Å². The van der Waals surface area contributed by atoms with Gasteiger partial charge in [0.05, 0.1) is 6.04 Å². The Morgan fingerprint density at radius 1 is 1.50 bits per heavy atom. The summed E-state index contributed by atoms with van der Waals surface area (Å²) in [4.78, 5) is 6.75. The molecule has 0 spiro atoms. The molecule has 1 atom stereocenters. The Kier molecular flexibility index (Phi) is 1.89. The van der Waals surface area contributed by atoms with Crippen LogP contribution < -0.4 is 0 Å². The van der Waals surface area contributed by atoms with E-state index in [1.54, 1.807) is 0 Å². The molecule has 1 unspecified atom stereocenters. The Morgan fingerprint density at radius 3 is 2.83 bits per heavy atom. The van der Waals surface area contributed by atoms with Crippen molar-refractivity contribution >= 4 is 0 Å². The van der Waals surface area contributed by atoms with Crippen molar-refractivity contribution in [1.29, 1.82) is 0 Å². The summed E-state index contributed by atoms with van der Waals surface area (Å²) >= 11 is 0. The van der Waals surface area contributed by atoms with Gasteiger partial charge in [0.15, 0.2) is 0 Å². The van der Waals surface area contributed by atoms with Gasteiger partial charge in [0.25, 0.3) is 0 Å². The zero-order chi connectivity index (χ0) is 8.55. The molecule has 0 saturated carbocycles. The first-order chi connectivity index (χ1) is 5.79. The summed E-state index contributed by atoms with van der Waals surface area (Å²) in [7, 11) is 4.24. The second kappa shape index (κ2) is 2.90. The molecule has 1 aromatic heterocycles. The van der Waals surface area contributed by atoms with E-state index in [1.807, 2.05) is 12.4 Å². The van der Waals surface area contributed by atoms with Crippen LogP contribution in [-0.4, -0.2) is 28.0 Å². The highest BCUT2D eigenvalue weighted by atomic mass is 15.2. The average molecular weight is 165 g/mol. The largest absolute Gasteiger partial charge is 0.337 e. The number of rotatable bonds is 1. The summed E-state index contributed by atoms with van der Waals surface area (Å²) in [6.45, 7) is 1.21. The maximum atomic E-state index is 4.37. The smallest absolute Gasteiger partial charge is 0.125 e. The number of likely N-dealkylation sites (tertiary alicyclic amines) is 1. The van der Waals surface area contributed by atoms with E-state index in [1.165, 1.54) is 25.2 Å². The normalized spacial score (nSPS) is 25.0. The first-order valence-corrected chi connectivity index (χ1v) is 4.46. The van der Waals surface area contributed by atoms with Gasteiger partial charge in [0, 0.05) is 19.4 Å². The molecule has 0 bridgehead atoms. The van der Waals surface area contributed by atoms with E-state index in [0.29, 0.717) is 6.04 Å². The molecule has 2 heterocycles. The molecule has 66 valence electrons. The van der Waals surface area contributed by atoms with Crippen LogP contribution in [0.2, 0.25) is 0 Å². The van der Waals surface area contributed by atoms with Crippen LogP contribution >= 0.6 is 0 Å². The zero-order valence-electron chi connectivity index (χ0n) is 7.70. The molecule has 0 aliphatic carbocycles. The standard InChI is InChI=1S/C9H15N3/c1-11-6-3-4-8(11)9-10-5-7-12(9)2/h5,7-8H,3-4,6H2,1-2H3. The molecule has 1 aliphatic heterocycles. The zero-order valence-corrected chi connectivity index (χ0v) is 7.70. The first kappa shape index (κ1) is 7.80. The van der Waals surface area contributed by atoms with Gasteiger partial charge in [-0.25, -0.2) is 4.98 Å². The third-order valence-electron chi connectivity index (χ3n) is 2.68. The van der Waals surface area contributed by atoms with E-state index in [4.69, 9.17) is 0 Å². The predicted molar refractivity (Wildman–Crippen MR) is 47.8 cm³/mol. The lowest BCUT2D eigenvalue weighted by molar-refractivity contribution is 0.301. The second-order valence-electron chi connectivity index (χ2n) is 3.53. The molecule has 2 rings (SSSR count). The third kappa shape index (κ3) is 1.14. The van der Waals surface area contributed by atoms with Crippen molar-refractivity contribution < 1.29 is 0 Å². The minimum absolute atomic E-state index is 0.546. The molecule has 3 nitrogen and oxygen atoms in total. The van der Waals surface area contributed by atoms with Crippen molar-refractivity contribution in [3.8, 4) is 0 Å². The molecule has 0 aromatic carbocycles. The van der Waals surface area contributed by atoms with Gasteiger partial charge in [0.2, 0.25) is 0 Å². The molecule has 12 heavy (non-hydrogen) atoms. The van der Waals surface area contributed by atoms with Gasteiger partial charge >= 0.3 is 0 Å². The van der Waals surface area contributed by atoms with E-state index in [9.17, 15) is 0 Å². The molecule has 0 radical (unpaired) electrons. The van der Waals surface area contributed by atoms with Crippen LogP contribution in [0.1, 0.15) is 24.7 Å². The Balaban J connectivity index is 2.24. The van der Waals surface area contributed by atoms with E-state index in [0.717, 1.165) is 0 Å². The summed E-state index contributed by atoms with van der Waals surface area (Å²) in [5.74, 6) is 1.20. The van der Waals surface area contributed by atoms with E-state index >= 15 is 0 Å². The van der Waals surface area contributed by atoms with Crippen LogP contribution in [0.15, 0.2) is 12.4 Å². The van der Waals surface area contributed by atoms with Gasteiger partial charge in [0.1, 0.15) is 5.82 Å². The van der Waals surface area contributed by atoms with Crippen LogP contribution in [-0.2, 0) is 7.05 Å². The van der Waals surface area contributed by atoms with E-state index in [-0.39, 0.29) is 0 Å². The lowest BCUT2D eigenvalue weighted by Crippen LogP contribution is -2.20. The molecule has 1 fully saturated rings. The first-order valence-electron chi connectivity index (χ1n) is 4.46. The highest BCUT2D eigenvalue weighted by Crippen LogP contribution is 2.28. The summed E-state index contributed by atoms with van der Waals surface area (Å²) in [6.07, 6.45) is 6.44. The van der Waals surface area contributed by atoms with Crippen molar-refractivity contribution in [2.24, 2.45) is 7.05 Å². The third-order valence-corrected chi connectivity index (χ3v) is 2.68. The highest BCUT2D eigenvalue weighted by Gasteiger charge is 2.25. The lowest BCUT2D eigenvalue weighted by atomic mass is 10.2. The van der Waals surface area contributed by atoms with Crippen molar-refractivity contribution in [2.45, 2.75) is 18.9 Å². The summed E-state index contributed by atoms with van der Waals surface area (Å²) in [5, 5.41) is 0. The molecule has 0 N–H and O–H groups in total. The topological polar surface area (TPSA) is 21.1 Å². The lowest BCUT2D eigenvalue weighted by Gasteiger charge is -2.18. The van der Waals surface area contributed by atoms with Crippen LogP contribution in [0, 0.1) is 0 Å². The van der Waals surface area contributed by atoms with Gasteiger partial charge in [-0.2, -0.15) is 0 Å². The van der Waals surface area contributed by atoms with E-state index in [2.05, 4.69) is 28.5 Å². The maximum absolute atomic E-state index is 4.37. The fourth-order valence-corrected chi connectivity index (χ4v) is 1.93. The molecule has 1 aliphatic rings. The Labute approximate surface area is 73.0 Å². The molecular weight excluding hydrogens is 150 g/mol. The Bertz CT molecular complexity index is 266. The van der Waals surface area contributed by atoms with Crippen LogP contribution in [0.4, 0.5) is 0 Å². The number of hydrogen-bond donors (Lipinski definition) is 0. The van der Waals surface area contributed by atoms with Gasteiger partial charge < -0.3 is 4.57 Å². The minimum atomic E-state index is 0.546. The van der Waals surface area contributed by atoms with Gasteiger partial charge in [-0.05, 0) is 26.4 Å². The fourth-order valence-electron chi connectivity index (χ4n) is 1.93. The fraction of sp³-hybridized carbons (Fsp3) is 0.667. The van der Waals surface area contributed by atoms with Crippen molar-refractivity contribution in [3.05, 3.63) is 18.2 Å².